The fourth-order valence-electron chi connectivity index (χ4n) is 5.53. The van der Waals surface area contributed by atoms with Gasteiger partial charge in [0.15, 0.2) is 24.3 Å². The van der Waals surface area contributed by atoms with Crippen molar-refractivity contribution in [3.05, 3.63) is 107 Å². The van der Waals surface area contributed by atoms with Gasteiger partial charge in [-0.1, -0.05) is 29.8 Å². The molecule has 0 saturated carbocycles. The van der Waals surface area contributed by atoms with Gasteiger partial charge in [-0.05, 0) is 60.5 Å². The molecule has 1 aliphatic rings. The molecule has 6 rings (SSSR count). The molecule has 2 aromatic heterocycles. The Balaban J connectivity index is 0.00000486. The maximum atomic E-state index is 13.8. The summed E-state index contributed by atoms with van der Waals surface area (Å²) in [6.45, 7) is 5.14. The molecule has 9 nitrogen and oxygen atoms in total. The molecule has 1 N–H and O–H groups in total. The third-order valence-corrected chi connectivity index (χ3v) is 8.67. The van der Waals surface area contributed by atoms with Crippen molar-refractivity contribution < 1.29 is 47.1 Å². The number of fused-ring (bicyclic) bond motifs is 1. The van der Waals surface area contributed by atoms with Gasteiger partial charge < -0.3 is 48.4 Å². The Bertz CT molecular complexity index is 1920. The largest absolute Gasteiger partial charge is 1.00 e. The maximum Gasteiger partial charge on any atom is 0.219 e. The molecular formula is C38H41ClFIN6O3. The number of pyridine rings is 1. The van der Waals surface area contributed by atoms with Gasteiger partial charge in [-0.15, -0.1) is 0 Å². The lowest BCUT2D eigenvalue weighted by Gasteiger charge is -2.26. The summed E-state index contributed by atoms with van der Waals surface area (Å²) in [7, 11) is 6.08. The summed E-state index contributed by atoms with van der Waals surface area (Å²) in [6, 6.07) is 20.8. The summed E-state index contributed by atoms with van der Waals surface area (Å²) in [6.07, 6.45) is 8.63. The first-order chi connectivity index (χ1) is 23.8. The number of nitrogens with one attached hydrogen (secondary N) is 1. The Morgan fingerprint density at radius 1 is 0.960 bits per heavy atom. The predicted octanol–water partition coefficient (Wildman–Crippen LogP) is 3.91. The number of benzene rings is 3. The summed E-state index contributed by atoms with van der Waals surface area (Å²) in [5.74, 6) is 1.23. The van der Waals surface area contributed by atoms with E-state index in [1.165, 1.54) is 24.1 Å². The minimum Gasteiger partial charge on any atom is -1.00 e. The minimum atomic E-state index is -0.486. The molecular weight excluding hydrogens is 770 g/mol. The minimum absolute atomic E-state index is 0. The Labute approximate surface area is 314 Å². The SMILES string of the molecule is CN(C)c1ccc(/C=C/c2ccc(COc3cc4ncnc(Nc5ccc(F)c(Cl)c5)c4cc3OCCCN3CCOCC3)[n+](C)c2)cc1.[I-]. The quantitative estimate of drug-likeness (QED) is 0.109. The highest BCUT2D eigenvalue weighted by Crippen LogP contribution is 2.36. The first kappa shape index (κ1) is 37.2. The fraction of sp³-hybridized carbons (Fsp3) is 0.289. The molecule has 5 aromatic rings. The average Bonchev–Trinajstić information content (AvgIpc) is 3.11. The standard InChI is InChI=1S/C38H41ClFN6O3.HI/c1-44(2)30-11-7-27(8-12-30)5-6-28-9-13-31(45(3)24-28)25-49-37-23-35-32(22-36(37)48-18-4-15-46-16-19-47-20-17-46)38(42-26-41-35)43-29-10-14-34(40)33(39)21-29;/h5-14,21-24,26H,4,15-20,25H2,1-3H3,(H,41,42,43);1H/q+1;/p-1/b6-5+;. The number of hydrogen-bond donors (Lipinski definition) is 1. The fourth-order valence-corrected chi connectivity index (χ4v) is 5.71. The van der Waals surface area contributed by atoms with Crippen LogP contribution in [0.15, 0.2) is 79.3 Å². The molecule has 0 amide bonds. The third kappa shape index (κ3) is 9.81. The Hall–Kier alpha value is -4.04. The molecule has 50 heavy (non-hydrogen) atoms. The zero-order valence-electron chi connectivity index (χ0n) is 28.4. The number of aromatic nitrogens is 3. The lowest BCUT2D eigenvalue weighted by molar-refractivity contribution is -0.680. The number of rotatable bonds is 13. The van der Waals surface area contributed by atoms with E-state index in [2.05, 4.69) is 84.4 Å². The van der Waals surface area contributed by atoms with E-state index in [1.807, 2.05) is 33.3 Å². The monoisotopic (exact) mass is 810 g/mol. The van der Waals surface area contributed by atoms with Crippen LogP contribution in [0.4, 0.5) is 21.6 Å². The lowest BCUT2D eigenvalue weighted by Crippen LogP contribution is -3.00. The molecule has 0 unspecified atom stereocenters. The first-order valence-electron chi connectivity index (χ1n) is 16.3. The summed E-state index contributed by atoms with van der Waals surface area (Å²) in [5.41, 5.74) is 5.65. The van der Waals surface area contributed by atoms with Crippen LogP contribution in [-0.2, 0) is 18.4 Å². The van der Waals surface area contributed by atoms with Gasteiger partial charge in [-0.2, -0.15) is 0 Å². The number of morpholine rings is 1. The van der Waals surface area contributed by atoms with E-state index in [0.29, 0.717) is 41.7 Å². The molecule has 3 heterocycles. The Morgan fingerprint density at radius 3 is 2.44 bits per heavy atom. The highest BCUT2D eigenvalue weighted by Gasteiger charge is 2.16. The lowest BCUT2D eigenvalue weighted by atomic mass is 10.1. The number of halogens is 3. The van der Waals surface area contributed by atoms with Crippen molar-refractivity contribution in [3.8, 4) is 11.5 Å². The van der Waals surface area contributed by atoms with Gasteiger partial charge in [-0.25, -0.2) is 18.9 Å². The van der Waals surface area contributed by atoms with Gasteiger partial charge in [0.2, 0.25) is 5.69 Å². The van der Waals surface area contributed by atoms with E-state index in [9.17, 15) is 4.39 Å². The predicted molar refractivity (Wildman–Crippen MR) is 193 cm³/mol. The summed E-state index contributed by atoms with van der Waals surface area (Å²) >= 11 is 6.03. The molecule has 0 radical (unpaired) electrons. The maximum absolute atomic E-state index is 13.8. The van der Waals surface area contributed by atoms with Gasteiger partial charge in [0.1, 0.15) is 25.0 Å². The second-order valence-corrected chi connectivity index (χ2v) is 12.5. The van der Waals surface area contributed by atoms with Crippen molar-refractivity contribution in [1.82, 2.24) is 14.9 Å². The van der Waals surface area contributed by atoms with Gasteiger partial charge in [0.25, 0.3) is 0 Å². The molecule has 12 heteroatoms. The summed E-state index contributed by atoms with van der Waals surface area (Å²) in [5, 5.41) is 4.00. The van der Waals surface area contributed by atoms with Crippen molar-refractivity contribution >= 4 is 51.8 Å². The Kier molecular flexibility index (Phi) is 13.2. The van der Waals surface area contributed by atoms with Gasteiger partial charge in [0.05, 0.1) is 30.4 Å². The topological polar surface area (TPSA) is 75.9 Å². The molecule has 0 bridgehead atoms. The van der Waals surface area contributed by atoms with Crippen molar-refractivity contribution in [2.75, 3.05) is 63.8 Å². The van der Waals surface area contributed by atoms with Crippen LogP contribution in [0.5, 0.6) is 11.5 Å². The number of nitrogens with zero attached hydrogens (tertiary/aromatic N) is 5. The first-order valence-corrected chi connectivity index (χ1v) is 16.7. The van der Waals surface area contributed by atoms with Gasteiger partial charge in [-0.3, -0.25) is 4.90 Å². The van der Waals surface area contributed by atoms with Crippen LogP contribution in [0, 0.1) is 5.82 Å². The van der Waals surface area contributed by atoms with Crippen molar-refractivity contribution in [2.45, 2.75) is 13.0 Å². The molecule has 3 aromatic carbocycles. The highest BCUT2D eigenvalue weighted by molar-refractivity contribution is 6.31. The molecule has 1 saturated heterocycles. The van der Waals surface area contributed by atoms with Crippen LogP contribution >= 0.6 is 11.6 Å². The Morgan fingerprint density at radius 2 is 1.70 bits per heavy atom. The molecule has 262 valence electrons. The number of aryl methyl sites for hydroxylation is 1. The van der Waals surface area contributed by atoms with Crippen molar-refractivity contribution in [3.63, 3.8) is 0 Å². The molecule has 0 aliphatic carbocycles. The van der Waals surface area contributed by atoms with E-state index in [0.717, 1.165) is 61.5 Å². The van der Waals surface area contributed by atoms with E-state index >= 15 is 0 Å². The highest BCUT2D eigenvalue weighted by atomic mass is 127. The van der Waals surface area contributed by atoms with Crippen LogP contribution in [0.2, 0.25) is 5.02 Å². The van der Waals surface area contributed by atoms with Crippen LogP contribution in [-0.4, -0.2) is 68.4 Å². The van der Waals surface area contributed by atoms with Crippen LogP contribution in [0.1, 0.15) is 23.2 Å². The zero-order valence-corrected chi connectivity index (χ0v) is 31.3. The van der Waals surface area contributed by atoms with Gasteiger partial charge >= 0.3 is 0 Å². The number of ether oxygens (including phenoxy) is 3. The van der Waals surface area contributed by atoms with E-state index in [1.54, 1.807) is 6.07 Å². The van der Waals surface area contributed by atoms with Crippen LogP contribution < -0.4 is 48.2 Å². The van der Waals surface area contributed by atoms with Gasteiger partial charge in [0, 0.05) is 68.2 Å². The van der Waals surface area contributed by atoms with Crippen LogP contribution in [0.25, 0.3) is 23.1 Å². The van der Waals surface area contributed by atoms with E-state index in [-0.39, 0.29) is 29.0 Å². The summed E-state index contributed by atoms with van der Waals surface area (Å²) in [4.78, 5) is 13.4. The second-order valence-electron chi connectivity index (χ2n) is 12.1. The third-order valence-electron chi connectivity index (χ3n) is 8.38. The van der Waals surface area contributed by atoms with Crippen molar-refractivity contribution in [2.24, 2.45) is 7.05 Å². The summed E-state index contributed by atoms with van der Waals surface area (Å²) < 4.78 is 34.1. The van der Waals surface area contributed by atoms with E-state index < -0.39 is 5.82 Å². The number of anilines is 3. The normalized spacial score (nSPS) is 13.3. The smallest absolute Gasteiger partial charge is 0.219 e. The number of hydrogen-bond acceptors (Lipinski definition) is 8. The van der Waals surface area contributed by atoms with E-state index in [4.69, 9.17) is 25.8 Å². The molecule has 0 atom stereocenters. The molecule has 1 fully saturated rings. The zero-order chi connectivity index (χ0) is 34.2. The van der Waals surface area contributed by atoms with Crippen LogP contribution in [0.3, 0.4) is 0 Å². The molecule has 1 aliphatic heterocycles. The second kappa shape index (κ2) is 17.8. The average molecular weight is 811 g/mol. The molecule has 0 spiro atoms. The van der Waals surface area contributed by atoms with Crippen molar-refractivity contribution in [1.29, 1.82) is 0 Å².